The Morgan fingerprint density at radius 3 is 2.79 bits per heavy atom. The van der Waals surface area contributed by atoms with Gasteiger partial charge in [-0.05, 0) is 30.7 Å². The van der Waals surface area contributed by atoms with Gasteiger partial charge in [-0.1, -0.05) is 30.3 Å². The van der Waals surface area contributed by atoms with Crippen molar-refractivity contribution in [2.75, 3.05) is 23.5 Å². The monoisotopic (exact) mass is 315 g/mol. The number of nitrogens with zero attached hydrogens (tertiary/aromatic N) is 3. The van der Waals surface area contributed by atoms with E-state index < -0.39 is 0 Å². The van der Waals surface area contributed by atoms with Crippen LogP contribution in [0, 0.1) is 6.92 Å². The minimum atomic E-state index is 0.767. The number of para-hydroxylation sites is 1. The molecular weight excluding hydrogens is 298 g/mol. The Morgan fingerprint density at radius 2 is 1.88 bits per heavy atom. The lowest BCUT2D eigenvalue weighted by Gasteiger charge is -2.20. The van der Waals surface area contributed by atoms with Crippen LogP contribution < -0.4 is 9.80 Å². The summed E-state index contributed by atoms with van der Waals surface area (Å²) in [4.78, 5) is 9.07. The van der Waals surface area contributed by atoms with Crippen LogP contribution in [-0.4, -0.2) is 18.7 Å². The van der Waals surface area contributed by atoms with Gasteiger partial charge in [0.05, 0.1) is 18.0 Å². The number of furan rings is 1. The Hall–Kier alpha value is -3.01. The van der Waals surface area contributed by atoms with Crippen LogP contribution in [0.5, 0.6) is 0 Å². The van der Waals surface area contributed by atoms with Gasteiger partial charge in [-0.25, -0.2) is 4.98 Å². The maximum Gasteiger partial charge on any atom is 0.159 e. The third-order valence-electron chi connectivity index (χ3n) is 4.78. The van der Waals surface area contributed by atoms with E-state index in [9.17, 15) is 0 Å². The van der Waals surface area contributed by atoms with Crippen molar-refractivity contribution in [1.29, 1.82) is 0 Å². The van der Waals surface area contributed by atoms with Crippen molar-refractivity contribution in [3.8, 4) is 0 Å². The number of aromatic nitrogens is 1. The summed E-state index contributed by atoms with van der Waals surface area (Å²) in [7, 11) is 2.09. The van der Waals surface area contributed by atoms with Crippen LogP contribution in [0.2, 0.25) is 0 Å². The standard InChI is InChI=1S/C20H17N3O/c1-13-9-10-15-14-6-3-4-8-17(14)24-19(15)18(13)23-12-22(2)16-7-5-11-21-20(16)23/h3-11H,12H2,1-2H3. The van der Waals surface area contributed by atoms with Crippen molar-refractivity contribution in [2.24, 2.45) is 0 Å². The lowest BCUT2D eigenvalue weighted by molar-refractivity contribution is 0.667. The highest BCUT2D eigenvalue weighted by atomic mass is 16.3. The van der Waals surface area contributed by atoms with Gasteiger partial charge in [0.1, 0.15) is 5.58 Å². The van der Waals surface area contributed by atoms with Crippen LogP contribution in [0.25, 0.3) is 21.9 Å². The fraction of sp³-hybridized carbons (Fsp3) is 0.150. The number of fused-ring (bicyclic) bond motifs is 4. The molecule has 0 saturated heterocycles. The Labute approximate surface area is 139 Å². The molecule has 1 aliphatic rings. The normalized spacial score (nSPS) is 13.9. The molecule has 0 fully saturated rings. The summed E-state index contributed by atoms with van der Waals surface area (Å²) in [6, 6.07) is 16.6. The van der Waals surface area contributed by atoms with E-state index in [4.69, 9.17) is 4.42 Å². The highest BCUT2D eigenvalue weighted by Gasteiger charge is 2.29. The summed E-state index contributed by atoms with van der Waals surface area (Å²) in [5.41, 5.74) is 5.29. The van der Waals surface area contributed by atoms with Crippen molar-refractivity contribution in [1.82, 2.24) is 4.98 Å². The Balaban J connectivity index is 1.83. The largest absolute Gasteiger partial charge is 0.454 e. The van der Waals surface area contributed by atoms with Gasteiger partial charge in [0.15, 0.2) is 11.4 Å². The molecule has 2 aromatic carbocycles. The average molecular weight is 315 g/mol. The second kappa shape index (κ2) is 4.74. The first kappa shape index (κ1) is 13.4. The van der Waals surface area contributed by atoms with Gasteiger partial charge in [0.2, 0.25) is 0 Å². The molecule has 24 heavy (non-hydrogen) atoms. The van der Waals surface area contributed by atoms with Crippen LogP contribution in [-0.2, 0) is 0 Å². The van der Waals surface area contributed by atoms with Crippen molar-refractivity contribution < 1.29 is 4.42 Å². The average Bonchev–Trinajstić information content (AvgIpc) is 3.13. The molecule has 0 spiro atoms. The molecule has 2 aromatic heterocycles. The van der Waals surface area contributed by atoms with Crippen LogP contribution in [0.1, 0.15) is 5.56 Å². The first-order valence-electron chi connectivity index (χ1n) is 8.08. The Morgan fingerprint density at radius 1 is 1.00 bits per heavy atom. The molecule has 4 heteroatoms. The predicted octanol–water partition coefficient (Wildman–Crippen LogP) is 4.83. The smallest absolute Gasteiger partial charge is 0.159 e. The van der Waals surface area contributed by atoms with Crippen molar-refractivity contribution in [3.05, 3.63) is 60.3 Å². The van der Waals surface area contributed by atoms with E-state index in [0.717, 1.165) is 45.8 Å². The summed E-state index contributed by atoms with van der Waals surface area (Å²) in [5.74, 6) is 0.982. The van der Waals surface area contributed by atoms with Crippen molar-refractivity contribution >= 4 is 39.1 Å². The van der Waals surface area contributed by atoms with Crippen LogP contribution in [0.15, 0.2) is 59.1 Å². The molecule has 4 aromatic rings. The van der Waals surface area contributed by atoms with Gasteiger partial charge < -0.3 is 14.2 Å². The van der Waals surface area contributed by atoms with E-state index >= 15 is 0 Å². The SMILES string of the molecule is Cc1ccc2c(oc3ccccc32)c1N1CN(C)c2cccnc21. The molecule has 0 bridgehead atoms. The summed E-state index contributed by atoms with van der Waals surface area (Å²) in [6.07, 6.45) is 1.85. The molecule has 0 amide bonds. The highest BCUT2D eigenvalue weighted by molar-refractivity contribution is 6.10. The molecule has 0 radical (unpaired) electrons. The topological polar surface area (TPSA) is 32.5 Å². The van der Waals surface area contributed by atoms with E-state index in [1.807, 2.05) is 24.4 Å². The fourth-order valence-electron chi connectivity index (χ4n) is 3.63. The number of benzene rings is 2. The highest BCUT2D eigenvalue weighted by Crippen LogP contribution is 2.44. The second-order valence-corrected chi connectivity index (χ2v) is 6.32. The number of pyridine rings is 1. The van der Waals surface area contributed by atoms with E-state index in [2.05, 4.69) is 59.1 Å². The predicted molar refractivity (Wildman–Crippen MR) is 98.1 cm³/mol. The molecule has 3 heterocycles. The fourth-order valence-corrected chi connectivity index (χ4v) is 3.63. The van der Waals surface area contributed by atoms with Crippen LogP contribution >= 0.6 is 0 Å². The van der Waals surface area contributed by atoms with Gasteiger partial charge >= 0.3 is 0 Å². The summed E-state index contributed by atoms with van der Waals surface area (Å²) in [5, 5.41) is 2.31. The quantitative estimate of drug-likeness (QED) is 0.503. The zero-order valence-electron chi connectivity index (χ0n) is 13.7. The molecule has 0 N–H and O–H groups in total. The minimum Gasteiger partial charge on any atom is -0.454 e. The number of hydrogen-bond donors (Lipinski definition) is 0. The third-order valence-corrected chi connectivity index (χ3v) is 4.78. The van der Waals surface area contributed by atoms with Gasteiger partial charge in [-0.3, -0.25) is 0 Å². The summed E-state index contributed by atoms with van der Waals surface area (Å²) < 4.78 is 6.24. The third kappa shape index (κ3) is 1.71. The lowest BCUT2D eigenvalue weighted by atomic mass is 10.1. The summed E-state index contributed by atoms with van der Waals surface area (Å²) in [6.45, 7) is 2.90. The second-order valence-electron chi connectivity index (χ2n) is 6.32. The van der Waals surface area contributed by atoms with Crippen molar-refractivity contribution in [3.63, 3.8) is 0 Å². The van der Waals surface area contributed by atoms with Crippen LogP contribution in [0.3, 0.4) is 0 Å². The number of hydrogen-bond acceptors (Lipinski definition) is 4. The molecule has 118 valence electrons. The zero-order chi connectivity index (χ0) is 16.3. The number of anilines is 3. The van der Waals surface area contributed by atoms with Gasteiger partial charge in [0, 0.05) is 24.0 Å². The Kier molecular flexibility index (Phi) is 2.65. The molecular formula is C20H17N3O. The number of aryl methyl sites for hydroxylation is 1. The molecule has 1 aliphatic heterocycles. The van der Waals surface area contributed by atoms with Gasteiger partial charge in [-0.15, -0.1) is 0 Å². The van der Waals surface area contributed by atoms with Gasteiger partial charge in [0.25, 0.3) is 0 Å². The molecule has 4 nitrogen and oxygen atoms in total. The lowest BCUT2D eigenvalue weighted by Crippen LogP contribution is -2.24. The summed E-state index contributed by atoms with van der Waals surface area (Å²) >= 11 is 0. The van der Waals surface area contributed by atoms with E-state index in [1.165, 1.54) is 5.56 Å². The first-order chi connectivity index (χ1) is 11.7. The van der Waals surface area contributed by atoms with E-state index in [0.29, 0.717) is 0 Å². The molecule has 0 unspecified atom stereocenters. The van der Waals surface area contributed by atoms with Gasteiger partial charge in [-0.2, -0.15) is 0 Å². The van der Waals surface area contributed by atoms with E-state index in [1.54, 1.807) is 0 Å². The molecule has 0 aliphatic carbocycles. The molecule has 0 saturated carbocycles. The maximum absolute atomic E-state index is 6.24. The first-order valence-corrected chi connectivity index (χ1v) is 8.08. The van der Waals surface area contributed by atoms with Crippen molar-refractivity contribution in [2.45, 2.75) is 6.92 Å². The van der Waals surface area contributed by atoms with Crippen LogP contribution in [0.4, 0.5) is 17.2 Å². The minimum absolute atomic E-state index is 0.767. The van der Waals surface area contributed by atoms with E-state index in [-0.39, 0.29) is 0 Å². The zero-order valence-corrected chi connectivity index (χ0v) is 13.7. The maximum atomic E-state index is 6.24. The molecule has 5 rings (SSSR count). The molecule has 0 atom stereocenters. The number of rotatable bonds is 1. The Bertz CT molecular complexity index is 1080.